The molecule has 1 amide bonds. The number of nitrogen functional groups attached to an aromatic ring is 1. The minimum atomic E-state index is -0.741. The number of nitrogens with two attached hydrogens (primary N) is 2. The van der Waals surface area contributed by atoms with Gasteiger partial charge in [0.05, 0.1) is 11.2 Å². The standard InChI is InChI=1S/C17H20FN5OS/c1-17(5-6-25-16(20)22-17)12-8-11(3-4-13(12)18)21-15(24)14-7-10(19)9-23(14)2/h3-4,7-9H,5-6,19H2,1-2H3,(H2,20,22)(H,21,24). The Labute approximate surface area is 149 Å². The highest BCUT2D eigenvalue weighted by molar-refractivity contribution is 8.13. The Hall–Kier alpha value is -2.48. The number of amides is 1. The number of benzene rings is 1. The number of carbonyl (C=O) groups is 1. The molecular formula is C17H20FN5OS. The molecule has 1 aliphatic heterocycles. The van der Waals surface area contributed by atoms with Crippen LogP contribution in [0, 0.1) is 5.82 Å². The molecule has 0 bridgehead atoms. The number of nitrogens with zero attached hydrogens (tertiary/aromatic N) is 2. The number of amidine groups is 1. The molecule has 1 aromatic heterocycles. The van der Waals surface area contributed by atoms with E-state index in [2.05, 4.69) is 10.3 Å². The van der Waals surface area contributed by atoms with E-state index in [4.69, 9.17) is 11.5 Å². The second-order valence-corrected chi connectivity index (χ2v) is 7.36. The second-order valence-electron chi connectivity index (χ2n) is 6.24. The van der Waals surface area contributed by atoms with E-state index in [0.717, 1.165) is 5.75 Å². The van der Waals surface area contributed by atoms with Crippen LogP contribution >= 0.6 is 11.8 Å². The molecule has 132 valence electrons. The van der Waals surface area contributed by atoms with Crippen LogP contribution < -0.4 is 16.8 Å². The van der Waals surface area contributed by atoms with Crippen molar-refractivity contribution < 1.29 is 9.18 Å². The molecule has 0 radical (unpaired) electrons. The molecule has 0 saturated heterocycles. The molecule has 5 N–H and O–H groups in total. The SMILES string of the molecule is Cn1cc(N)cc1C(=O)Nc1ccc(F)c(C2(C)CCSC(N)=N2)c1. The lowest BCUT2D eigenvalue weighted by Crippen LogP contribution is -2.30. The summed E-state index contributed by atoms with van der Waals surface area (Å²) in [5.74, 6) is 0.0843. The van der Waals surface area contributed by atoms with E-state index in [1.54, 1.807) is 29.9 Å². The van der Waals surface area contributed by atoms with Crippen LogP contribution in [0.1, 0.15) is 29.4 Å². The Kier molecular flexibility index (Phi) is 4.47. The maximum Gasteiger partial charge on any atom is 0.272 e. The summed E-state index contributed by atoms with van der Waals surface area (Å²) in [4.78, 5) is 16.8. The third-order valence-corrected chi connectivity index (χ3v) is 5.05. The van der Waals surface area contributed by atoms with Gasteiger partial charge in [0.25, 0.3) is 5.91 Å². The topological polar surface area (TPSA) is 98.4 Å². The molecular weight excluding hydrogens is 341 g/mol. The highest BCUT2D eigenvalue weighted by Gasteiger charge is 2.32. The molecule has 1 aliphatic rings. The Morgan fingerprint density at radius 3 is 2.80 bits per heavy atom. The van der Waals surface area contributed by atoms with Crippen molar-refractivity contribution >= 4 is 34.2 Å². The number of halogens is 1. The van der Waals surface area contributed by atoms with E-state index in [-0.39, 0.29) is 11.7 Å². The first-order valence-electron chi connectivity index (χ1n) is 7.80. The molecule has 1 atom stereocenters. The maximum absolute atomic E-state index is 14.4. The van der Waals surface area contributed by atoms with Gasteiger partial charge in [-0.25, -0.2) is 4.39 Å². The maximum atomic E-state index is 14.4. The van der Waals surface area contributed by atoms with Crippen LogP contribution in [-0.2, 0) is 12.6 Å². The lowest BCUT2D eigenvalue weighted by atomic mass is 9.89. The number of carbonyl (C=O) groups excluding carboxylic acids is 1. The van der Waals surface area contributed by atoms with Gasteiger partial charge in [-0.15, -0.1) is 0 Å². The number of aliphatic imine (C=N–C) groups is 1. The summed E-state index contributed by atoms with van der Waals surface area (Å²) >= 11 is 1.46. The third-order valence-electron chi connectivity index (χ3n) is 4.26. The van der Waals surface area contributed by atoms with Crippen LogP contribution in [0.2, 0.25) is 0 Å². The van der Waals surface area contributed by atoms with E-state index in [9.17, 15) is 9.18 Å². The second kappa shape index (κ2) is 6.44. The summed E-state index contributed by atoms with van der Waals surface area (Å²) in [6.07, 6.45) is 2.32. The molecule has 2 aromatic rings. The van der Waals surface area contributed by atoms with Gasteiger partial charge in [-0.2, -0.15) is 0 Å². The number of aromatic nitrogens is 1. The van der Waals surface area contributed by atoms with Gasteiger partial charge in [0.2, 0.25) is 0 Å². The normalized spacial score (nSPS) is 20.2. The van der Waals surface area contributed by atoms with Gasteiger partial charge < -0.3 is 21.4 Å². The number of thioether (sulfide) groups is 1. The summed E-state index contributed by atoms with van der Waals surface area (Å²) in [5.41, 5.74) is 12.6. The lowest BCUT2D eigenvalue weighted by Gasteiger charge is -2.30. The Balaban J connectivity index is 1.91. The zero-order chi connectivity index (χ0) is 18.2. The fourth-order valence-electron chi connectivity index (χ4n) is 2.91. The van der Waals surface area contributed by atoms with Gasteiger partial charge in [0, 0.05) is 30.2 Å². The van der Waals surface area contributed by atoms with Gasteiger partial charge in [-0.3, -0.25) is 9.79 Å². The van der Waals surface area contributed by atoms with E-state index in [0.29, 0.717) is 34.2 Å². The number of rotatable bonds is 3. The lowest BCUT2D eigenvalue weighted by molar-refractivity contribution is 0.101. The molecule has 0 spiro atoms. The summed E-state index contributed by atoms with van der Waals surface area (Å²) < 4.78 is 16.0. The first-order chi connectivity index (χ1) is 11.8. The van der Waals surface area contributed by atoms with Crippen molar-refractivity contribution in [3.8, 4) is 0 Å². The van der Waals surface area contributed by atoms with Crippen LogP contribution in [-0.4, -0.2) is 21.4 Å². The Morgan fingerprint density at radius 1 is 1.40 bits per heavy atom. The van der Waals surface area contributed by atoms with E-state index >= 15 is 0 Å². The Morgan fingerprint density at radius 2 is 2.16 bits per heavy atom. The first kappa shape index (κ1) is 17.3. The predicted molar refractivity (Wildman–Crippen MR) is 100 cm³/mol. The summed E-state index contributed by atoms with van der Waals surface area (Å²) in [6.45, 7) is 1.85. The molecule has 1 aromatic carbocycles. The van der Waals surface area contributed by atoms with Gasteiger partial charge in [-0.05, 0) is 37.6 Å². The van der Waals surface area contributed by atoms with Crippen LogP contribution in [0.4, 0.5) is 15.8 Å². The molecule has 0 fully saturated rings. The number of hydrogen-bond donors (Lipinski definition) is 3. The predicted octanol–water partition coefficient (Wildman–Crippen LogP) is 2.67. The molecule has 0 aliphatic carbocycles. The zero-order valence-electron chi connectivity index (χ0n) is 14.0. The van der Waals surface area contributed by atoms with Crippen molar-refractivity contribution in [2.24, 2.45) is 17.8 Å². The van der Waals surface area contributed by atoms with E-state index in [1.165, 1.54) is 23.9 Å². The molecule has 25 heavy (non-hydrogen) atoms. The summed E-state index contributed by atoms with van der Waals surface area (Å²) in [5, 5.41) is 3.23. The zero-order valence-corrected chi connectivity index (χ0v) is 14.9. The van der Waals surface area contributed by atoms with Gasteiger partial charge >= 0.3 is 0 Å². The number of hydrogen-bond acceptors (Lipinski definition) is 5. The fraction of sp³-hybridized carbons (Fsp3) is 0.294. The number of anilines is 2. The summed E-state index contributed by atoms with van der Waals surface area (Å²) in [7, 11) is 1.74. The molecule has 6 nitrogen and oxygen atoms in total. The first-order valence-corrected chi connectivity index (χ1v) is 8.78. The highest BCUT2D eigenvalue weighted by atomic mass is 32.2. The number of aryl methyl sites for hydroxylation is 1. The molecule has 2 heterocycles. The molecule has 3 rings (SSSR count). The van der Waals surface area contributed by atoms with Crippen molar-refractivity contribution in [3.05, 3.63) is 47.5 Å². The smallest absolute Gasteiger partial charge is 0.272 e. The van der Waals surface area contributed by atoms with Crippen LogP contribution in [0.15, 0.2) is 35.5 Å². The molecule has 1 unspecified atom stereocenters. The minimum Gasteiger partial charge on any atom is -0.397 e. The monoisotopic (exact) mass is 361 g/mol. The molecule has 0 saturated carbocycles. The quantitative estimate of drug-likeness (QED) is 0.783. The average molecular weight is 361 g/mol. The fourth-order valence-corrected chi connectivity index (χ4v) is 3.88. The van der Waals surface area contributed by atoms with Crippen molar-refractivity contribution in [2.75, 3.05) is 16.8 Å². The van der Waals surface area contributed by atoms with E-state index in [1.807, 2.05) is 6.92 Å². The number of nitrogens with one attached hydrogen (secondary N) is 1. The van der Waals surface area contributed by atoms with Gasteiger partial charge in [0.1, 0.15) is 11.5 Å². The van der Waals surface area contributed by atoms with Crippen molar-refractivity contribution in [1.29, 1.82) is 0 Å². The van der Waals surface area contributed by atoms with Crippen molar-refractivity contribution in [1.82, 2.24) is 4.57 Å². The Bertz CT molecular complexity index is 863. The largest absolute Gasteiger partial charge is 0.397 e. The molecule has 8 heteroatoms. The average Bonchev–Trinajstić information content (AvgIpc) is 2.87. The van der Waals surface area contributed by atoms with Crippen LogP contribution in [0.5, 0.6) is 0 Å². The van der Waals surface area contributed by atoms with E-state index < -0.39 is 5.54 Å². The summed E-state index contributed by atoms with van der Waals surface area (Å²) in [6, 6.07) is 6.07. The highest BCUT2D eigenvalue weighted by Crippen LogP contribution is 2.37. The van der Waals surface area contributed by atoms with Crippen molar-refractivity contribution in [3.63, 3.8) is 0 Å². The van der Waals surface area contributed by atoms with Crippen molar-refractivity contribution in [2.45, 2.75) is 18.9 Å². The van der Waals surface area contributed by atoms with Gasteiger partial charge in [-0.1, -0.05) is 11.8 Å². The minimum absolute atomic E-state index is 0.316. The van der Waals surface area contributed by atoms with Crippen LogP contribution in [0.3, 0.4) is 0 Å². The van der Waals surface area contributed by atoms with Gasteiger partial charge in [0.15, 0.2) is 5.17 Å². The van der Waals surface area contributed by atoms with Crippen LogP contribution in [0.25, 0.3) is 0 Å². The third kappa shape index (κ3) is 3.48.